The molecule has 0 fully saturated rings. The monoisotopic (exact) mass is 426 g/mol. The lowest BCUT2D eigenvalue weighted by molar-refractivity contribution is -0.117. The van der Waals surface area contributed by atoms with E-state index in [0.717, 1.165) is 28.4 Å². The molecule has 4 rings (SSSR count). The van der Waals surface area contributed by atoms with Crippen molar-refractivity contribution in [2.45, 2.75) is 19.9 Å². The van der Waals surface area contributed by atoms with Gasteiger partial charge in [-0.1, -0.05) is 30.3 Å². The van der Waals surface area contributed by atoms with Crippen molar-refractivity contribution >= 4 is 28.7 Å². The molecule has 1 aromatic heterocycles. The summed E-state index contributed by atoms with van der Waals surface area (Å²) in [5.41, 5.74) is 0.581. The number of hydrogen-bond donors (Lipinski definition) is 1. The zero-order valence-electron chi connectivity index (χ0n) is 16.0. The van der Waals surface area contributed by atoms with Crippen molar-refractivity contribution in [2.75, 3.05) is 4.90 Å². The molecule has 1 unspecified atom stereocenters. The van der Waals surface area contributed by atoms with Gasteiger partial charge in [0, 0.05) is 6.07 Å². The lowest BCUT2D eigenvalue weighted by Gasteiger charge is -2.27. The first-order valence-electron chi connectivity index (χ1n) is 9.05. The summed E-state index contributed by atoms with van der Waals surface area (Å²) in [5, 5.41) is 11.3. The average Bonchev–Trinajstić information content (AvgIpc) is 3.18. The maximum atomic E-state index is 14.6. The fourth-order valence-electron chi connectivity index (χ4n) is 3.58. The first-order chi connectivity index (χ1) is 14.3. The molecule has 1 aliphatic rings. The fraction of sp³-hybridized carbons (Fsp3) is 0.136. The van der Waals surface area contributed by atoms with E-state index in [-0.39, 0.29) is 11.3 Å². The SMILES string of the molecule is Cc1nc(C)c(C(=O)C2=C(O)C(=O)N(c3ccc(F)cc3F)C2c2ccccc2)s1. The van der Waals surface area contributed by atoms with Crippen molar-refractivity contribution in [2.24, 2.45) is 0 Å². The van der Waals surface area contributed by atoms with E-state index in [4.69, 9.17) is 0 Å². The van der Waals surface area contributed by atoms with Crippen molar-refractivity contribution in [3.8, 4) is 0 Å². The molecule has 2 heterocycles. The van der Waals surface area contributed by atoms with Gasteiger partial charge in [0.05, 0.1) is 32.9 Å². The highest BCUT2D eigenvalue weighted by Crippen LogP contribution is 2.43. The third-order valence-corrected chi connectivity index (χ3v) is 5.92. The number of aromatic nitrogens is 1. The van der Waals surface area contributed by atoms with Gasteiger partial charge in [0.1, 0.15) is 11.6 Å². The second-order valence-corrected chi connectivity index (χ2v) is 8.03. The Labute approximate surface area is 174 Å². The third kappa shape index (κ3) is 3.19. The van der Waals surface area contributed by atoms with Crippen molar-refractivity contribution < 1.29 is 23.5 Å². The third-order valence-electron chi connectivity index (χ3n) is 4.85. The molecular weight excluding hydrogens is 410 g/mol. The molecule has 0 saturated carbocycles. The lowest BCUT2D eigenvalue weighted by atomic mass is 9.95. The minimum Gasteiger partial charge on any atom is -0.503 e. The molecule has 8 heteroatoms. The first kappa shape index (κ1) is 19.9. The number of anilines is 1. The van der Waals surface area contributed by atoms with Crippen molar-refractivity contribution in [1.82, 2.24) is 4.98 Å². The number of halogens is 2. The number of nitrogens with zero attached hydrogens (tertiary/aromatic N) is 2. The number of carbonyl (C=O) groups is 2. The Morgan fingerprint density at radius 2 is 1.83 bits per heavy atom. The van der Waals surface area contributed by atoms with Gasteiger partial charge in [-0.2, -0.15) is 0 Å². The van der Waals surface area contributed by atoms with Crippen LogP contribution in [0, 0.1) is 25.5 Å². The van der Waals surface area contributed by atoms with Gasteiger partial charge in [-0.3, -0.25) is 14.5 Å². The Morgan fingerprint density at radius 3 is 2.43 bits per heavy atom. The Balaban J connectivity index is 1.91. The molecule has 152 valence electrons. The highest BCUT2D eigenvalue weighted by Gasteiger charge is 2.46. The molecule has 0 spiro atoms. The van der Waals surface area contributed by atoms with Crippen LogP contribution >= 0.6 is 11.3 Å². The summed E-state index contributed by atoms with van der Waals surface area (Å²) in [7, 11) is 0. The van der Waals surface area contributed by atoms with Crippen LogP contribution in [0.15, 0.2) is 59.9 Å². The van der Waals surface area contributed by atoms with Crippen molar-refractivity contribution in [3.63, 3.8) is 0 Å². The minimum absolute atomic E-state index is 0.165. The molecule has 3 aromatic rings. The summed E-state index contributed by atoms with van der Waals surface area (Å²) in [5.74, 6) is -4.03. The van der Waals surface area contributed by atoms with E-state index in [2.05, 4.69) is 4.98 Å². The molecule has 0 bridgehead atoms. The number of amides is 1. The van der Waals surface area contributed by atoms with Crippen LogP contribution in [0.3, 0.4) is 0 Å². The fourth-order valence-corrected chi connectivity index (χ4v) is 4.45. The molecule has 0 radical (unpaired) electrons. The van der Waals surface area contributed by atoms with Crippen LogP contribution < -0.4 is 4.90 Å². The van der Waals surface area contributed by atoms with Crippen LogP contribution in [-0.4, -0.2) is 21.8 Å². The highest BCUT2D eigenvalue weighted by molar-refractivity contribution is 7.14. The van der Waals surface area contributed by atoms with Gasteiger partial charge in [-0.25, -0.2) is 13.8 Å². The number of aryl methyl sites for hydroxylation is 2. The van der Waals surface area contributed by atoms with Gasteiger partial charge >= 0.3 is 0 Å². The van der Waals surface area contributed by atoms with Crippen molar-refractivity contribution in [3.05, 3.63) is 92.6 Å². The van der Waals surface area contributed by atoms with E-state index in [1.54, 1.807) is 44.2 Å². The highest BCUT2D eigenvalue weighted by atomic mass is 32.1. The molecule has 1 atom stereocenters. The summed E-state index contributed by atoms with van der Waals surface area (Å²) in [4.78, 5) is 31.8. The zero-order chi connectivity index (χ0) is 21.6. The smallest absolute Gasteiger partial charge is 0.294 e. The molecule has 1 amide bonds. The molecular formula is C22H16F2N2O3S. The van der Waals surface area contributed by atoms with Crippen molar-refractivity contribution in [1.29, 1.82) is 0 Å². The predicted molar refractivity (Wildman–Crippen MR) is 109 cm³/mol. The first-order valence-corrected chi connectivity index (χ1v) is 9.86. The van der Waals surface area contributed by atoms with Gasteiger partial charge < -0.3 is 5.11 Å². The van der Waals surface area contributed by atoms with Gasteiger partial charge in [0.15, 0.2) is 5.76 Å². The van der Waals surface area contributed by atoms with Crippen LogP contribution in [0.1, 0.15) is 32.0 Å². The Kier molecular flexibility index (Phi) is 4.95. The number of carbonyl (C=O) groups excluding carboxylic acids is 2. The topological polar surface area (TPSA) is 70.5 Å². The average molecular weight is 426 g/mol. The number of thiazole rings is 1. The second kappa shape index (κ2) is 7.46. The molecule has 0 saturated heterocycles. The Hall–Kier alpha value is -3.39. The molecule has 0 aliphatic carbocycles. The number of rotatable bonds is 4. The molecule has 1 N–H and O–H groups in total. The number of aliphatic hydroxyl groups excluding tert-OH is 1. The summed E-state index contributed by atoms with van der Waals surface area (Å²) < 4.78 is 28.0. The number of ketones is 1. The van der Waals surface area contributed by atoms with Crippen LogP contribution in [0.25, 0.3) is 0 Å². The van der Waals surface area contributed by atoms with Gasteiger partial charge in [-0.15, -0.1) is 11.3 Å². The maximum Gasteiger partial charge on any atom is 0.294 e. The normalized spacial score (nSPS) is 16.5. The van der Waals surface area contributed by atoms with E-state index in [0.29, 0.717) is 27.2 Å². The minimum atomic E-state index is -1.08. The van der Waals surface area contributed by atoms with E-state index in [1.165, 1.54) is 0 Å². The van der Waals surface area contributed by atoms with E-state index in [1.807, 2.05) is 0 Å². The standard InChI is InChI=1S/C22H16F2N2O3S/c1-11-21(30-12(2)25-11)19(27)17-18(13-6-4-3-5-7-13)26(22(29)20(17)28)16-9-8-14(23)10-15(16)24/h3-10,18,28H,1-2H3. The maximum absolute atomic E-state index is 14.6. The quantitative estimate of drug-likeness (QED) is 0.607. The second-order valence-electron chi connectivity index (χ2n) is 6.82. The largest absolute Gasteiger partial charge is 0.503 e. The molecule has 30 heavy (non-hydrogen) atoms. The zero-order valence-corrected chi connectivity index (χ0v) is 16.8. The Morgan fingerprint density at radius 1 is 1.13 bits per heavy atom. The Bertz CT molecular complexity index is 1200. The number of aliphatic hydroxyl groups is 1. The molecule has 5 nitrogen and oxygen atoms in total. The summed E-state index contributed by atoms with van der Waals surface area (Å²) in [6, 6.07) is 10.2. The number of benzene rings is 2. The summed E-state index contributed by atoms with van der Waals surface area (Å²) in [6.07, 6.45) is 0. The predicted octanol–water partition coefficient (Wildman–Crippen LogP) is 4.82. The van der Waals surface area contributed by atoms with Crippen LogP contribution in [0.5, 0.6) is 0 Å². The van der Waals surface area contributed by atoms with Gasteiger partial charge in [0.25, 0.3) is 5.91 Å². The van der Waals surface area contributed by atoms with Gasteiger partial charge in [0.2, 0.25) is 5.78 Å². The van der Waals surface area contributed by atoms with Crippen LogP contribution in [0.2, 0.25) is 0 Å². The van der Waals surface area contributed by atoms with Crippen LogP contribution in [-0.2, 0) is 4.79 Å². The van der Waals surface area contributed by atoms with E-state index >= 15 is 0 Å². The van der Waals surface area contributed by atoms with E-state index in [9.17, 15) is 23.5 Å². The summed E-state index contributed by atoms with van der Waals surface area (Å²) >= 11 is 1.15. The summed E-state index contributed by atoms with van der Waals surface area (Å²) in [6.45, 7) is 3.41. The number of Topliss-reactive ketones (excluding diaryl/α,β-unsaturated/α-hetero) is 1. The molecule has 2 aromatic carbocycles. The van der Waals surface area contributed by atoms with E-state index < -0.39 is 35.1 Å². The lowest BCUT2D eigenvalue weighted by Crippen LogP contribution is -2.31. The van der Waals surface area contributed by atoms with Gasteiger partial charge in [-0.05, 0) is 31.5 Å². The molecule has 1 aliphatic heterocycles. The number of hydrogen-bond acceptors (Lipinski definition) is 5. The van der Waals surface area contributed by atoms with Crippen LogP contribution in [0.4, 0.5) is 14.5 Å².